The van der Waals surface area contributed by atoms with Gasteiger partial charge in [-0.05, 0) is 32.6 Å². The van der Waals surface area contributed by atoms with Crippen LogP contribution in [0.5, 0.6) is 0 Å². The zero-order valence-corrected chi connectivity index (χ0v) is 26.2. The summed E-state index contributed by atoms with van der Waals surface area (Å²) < 4.78 is 26.3. The monoisotopic (exact) mass is 650 g/mol. The van der Waals surface area contributed by atoms with E-state index in [0.717, 1.165) is 12.8 Å². The number of amides is 3. The molecule has 0 aliphatic heterocycles. The van der Waals surface area contributed by atoms with Gasteiger partial charge in [0.15, 0.2) is 11.9 Å². The van der Waals surface area contributed by atoms with Crippen molar-refractivity contribution in [3.05, 3.63) is 0 Å². The van der Waals surface area contributed by atoms with Crippen LogP contribution in [0.2, 0.25) is 0 Å². The minimum Gasteiger partial charge on any atom is -0.447 e. The van der Waals surface area contributed by atoms with E-state index in [0.29, 0.717) is 52.3 Å². The molecule has 0 saturated carbocycles. The third-order valence-electron chi connectivity index (χ3n) is 5.50. The van der Waals surface area contributed by atoms with Crippen LogP contribution in [-0.2, 0) is 28.5 Å². The molecule has 16 N–H and O–H groups in total. The summed E-state index contributed by atoms with van der Waals surface area (Å²) in [7, 11) is 0. The molecule has 3 unspecified atom stereocenters. The Bertz CT molecular complexity index is 860. The van der Waals surface area contributed by atoms with Gasteiger partial charge in [0.05, 0.1) is 58.5 Å². The van der Waals surface area contributed by atoms with E-state index in [2.05, 4.69) is 31.3 Å². The fourth-order valence-corrected chi connectivity index (χ4v) is 3.24. The van der Waals surface area contributed by atoms with Gasteiger partial charge in [0.1, 0.15) is 13.2 Å². The highest BCUT2D eigenvalue weighted by molar-refractivity contribution is 5.81. The Hall–Kier alpha value is -3.69. The Kier molecular flexibility index (Phi) is 25.5. The summed E-state index contributed by atoms with van der Waals surface area (Å²) in [6.45, 7) is 4.71. The fraction of sp³-hybridized carbons (Fsp3) is 0.800. The number of guanidine groups is 2. The van der Waals surface area contributed by atoms with E-state index >= 15 is 0 Å². The Labute approximate surface area is 264 Å². The van der Waals surface area contributed by atoms with Gasteiger partial charge in [0.2, 0.25) is 5.91 Å². The van der Waals surface area contributed by atoms with E-state index in [9.17, 15) is 14.4 Å². The van der Waals surface area contributed by atoms with E-state index < -0.39 is 24.1 Å². The summed E-state index contributed by atoms with van der Waals surface area (Å²) in [5, 5.41) is 10.4. The van der Waals surface area contributed by atoms with Gasteiger partial charge in [0.25, 0.3) is 0 Å². The fourth-order valence-electron chi connectivity index (χ4n) is 3.24. The van der Waals surface area contributed by atoms with Crippen molar-refractivity contribution < 1.29 is 38.1 Å². The van der Waals surface area contributed by atoms with Crippen molar-refractivity contribution in [3.63, 3.8) is 0 Å². The summed E-state index contributed by atoms with van der Waals surface area (Å²) in [5.41, 5.74) is 32.7. The molecule has 0 aromatic carbocycles. The second kappa shape index (κ2) is 27.8. The first-order valence-electron chi connectivity index (χ1n) is 14.7. The number of hydrogen-bond donors (Lipinski definition) is 10. The number of carbonyl (C=O) groups is 3. The lowest BCUT2D eigenvalue weighted by Gasteiger charge is -2.14. The first kappa shape index (κ1) is 41.3. The molecule has 45 heavy (non-hydrogen) atoms. The van der Waals surface area contributed by atoms with Crippen molar-refractivity contribution in [2.24, 2.45) is 44.4 Å². The van der Waals surface area contributed by atoms with Crippen molar-refractivity contribution in [1.82, 2.24) is 21.3 Å². The van der Waals surface area contributed by atoms with E-state index in [1.54, 1.807) is 6.92 Å². The number of ether oxygens (including phenoxy) is 5. The van der Waals surface area contributed by atoms with E-state index in [1.807, 2.05) is 0 Å². The van der Waals surface area contributed by atoms with E-state index in [-0.39, 0.29) is 63.8 Å². The molecule has 0 aromatic heterocycles. The predicted molar refractivity (Wildman–Crippen MR) is 168 cm³/mol. The molecule has 0 saturated heterocycles. The van der Waals surface area contributed by atoms with Crippen LogP contribution >= 0.6 is 0 Å². The normalized spacial score (nSPS) is 12.7. The summed E-state index contributed by atoms with van der Waals surface area (Å²) in [4.78, 5) is 43.0. The number of nitrogens with one attached hydrogen (secondary N) is 4. The van der Waals surface area contributed by atoms with Gasteiger partial charge >= 0.3 is 12.2 Å². The van der Waals surface area contributed by atoms with Crippen LogP contribution in [0.25, 0.3) is 0 Å². The maximum absolute atomic E-state index is 11.9. The lowest BCUT2D eigenvalue weighted by Crippen LogP contribution is -2.45. The molecule has 3 atom stereocenters. The molecule has 0 aliphatic rings. The molecule has 0 heterocycles. The molecule has 0 bridgehead atoms. The molecular formula is C25H54N12O8. The lowest BCUT2D eigenvalue weighted by molar-refractivity contribution is -0.122. The van der Waals surface area contributed by atoms with Crippen molar-refractivity contribution in [1.29, 1.82) is 0 Å². The maximum atomic E-state index is 11.9. The third kappa shape index (κ3) is 28.8. The molecule has 20 nitrogen and oxygen atoms in total. The number of aliphatic imine (C=N–C) groups is 2. The second-order valence-corrected chi connectivity index (χ2v) is 9.61. The number of hydrogen-bond acceptors (Lipinski definition) is 13. The van der Waals surface area contributed by atoms with Crippen LogP contribution in [-0.4, -0.2) is 127 Å². The topological polar surface area (TPSA) is 326 Å². The highest BCUT2D eigenvalue weighted by atomic mass is 16.6. The van der Waals surface area contributed by atoms with Crippen LogP contribution in [0, 0.1) is 0 Å². The average Bonchev–Trinajstić information content (AvgIpc) is 2.98. The zero-order chi connectivity index (χ0) is 33.7. The molecule has 0 radical (unpaired) electrons. The minimum atomic E-state index is -0.751. The van der Waals surface area contributed by atoms with E-state index in [4.69, 9.17) is 58.1 Å². The van der Waals surface area contributed by atoms with Gasteiger partial charge in [0, 0.05) is 25.7 Å². The summed E-state index contributed by atoms with van der Waals surface area (Å²) in [5.74, 6) is -0.384. The van der Waals surface area contributed by atoms with Gasteiger partial charge in [-0.2, -0.15) is 0 Å². The number of nitrogens with zero attached hydrogens (tertiary/aromatic N) is 2. The quantitative estimate of drug-likeness (QED) is 0.0177. The van der Waals surface area contributed by atoms with Crippen LogP contribution in [0.3, 0.4) is 0 Å². The number of nitrogens with two attached hydrogens (primary N) is 6. The lowest BCUT2D eigenvalue weighted by atomic mass is 10.1. The van der Waals surface area contributed by atoms with Gasteiger partial charge < -0.3 is 74.0 Å². The summed E-state index contributed by atoms with van der Waals surface area (Å²) >= 11 is 0. The molecule has 3 amide bonds. The van der Waals surface area contributed by atoms with Crippen LogP contribution in [0.1, 0.15) is 32.6 Å². The molecule has 20 heteroatoms. The SMILES string of the molecule is CC(COCCOCCOC(=O)NCNCC(N)CCCN=C(N)N)OCCOC(=O)NCNC(=O)C(N)CCCN=C(N)N. The summed E-state index contributed by atoms with van der Waals surface area (Å²) in [6.07, 6.45) is 0.896. The Balaban J connectivity index is 3.58. The van der Waals surface area contributed by atoms with Crippen LogP contribution in [0.15, 0.2) is 9.98 Å². The third-order valence-corrected chi connectivity index (χ3v) is 5.50. The van der Waals surface area contributed by atoms with Gasteiger partial charge in [-0.25, -0.2) is 9.59 Å². The number of rotatable bonds is 27. The molecule has 0 rings (SSSR count). The number of carbonyl (C=O) groups excluding carboxylic acids is 3. The highest BCUT2D eigenvalue weighted by Crippen LogP contribution is 1.96. The van der Waals surface area contributed by atoms with E-state index in [1.165, 1.54) is 0 Å². The molecular weight excluding hydrogens is 596 g/mol. The van der Waals surface area contributed by atoms with Crippen LogP contribution < -0.4 is 55.7 Å². The Morgan fingerprint density at radius 2 is 1.27 bits per heavy atom. The second-order valence-electron chi connectivity index (χ2n) is 9.61. The van der Waals surface area contributed by atoms with Gasteiger partial charge in [-0.15, -0.1) is 0 Å². The van der Waals surface area contributed by atoms with Crippen molar-refractivity contribution >= 4 is 30.0 Å². The summed E-state index contributed by atoms with van der Waals surface area (Å²) in [6, 6.07) is -0.839. The molecule has 0 fully saturated rings. The van der Waals surface area contributed by atoms with Gasteiger partial charge in [-0.3, -0.25) is 20.1 Å². The average molecular weight is 651 g/mol. The Morgan fingerprint density at radius 1 is 0.711 bits per heavy atom. The van der Waals surface area contributed by atoms with Crippen molar-refractivity contribution in [3.8, 4) is 0 Å². The van der Waals surface area contributed by atoms with Crippen LogP contribution in [0.4, 0.5) is 9.59 Å². The largest absolute Gasteiger partial charge is 0.447 e. The maximum Gasteiger partial charge on any atom is 0.408 e. The molecule has 0 aromatic rings. The predicted octanol–water partition coefficient (Wildman–Crippen LogP) is -3.74. The molecule has 0 spiro atoms. The molecule has 0 aliphatic carbocycles. The molecule has 262 valence electrons. The highest BCUT2D eigenvalue weighted by Gasteiger charge is 2.13. The standard InChI is InChI=1S/C25H54N12O8/c1-18(43-12-13-45-25(40)37-17-35-21(38)20(27)5-3-7-34-23(30)31)15-42-9-8-41-10-11-44-24(39)36-16-32-14-19(26)4-2-6-33-22(28)29/h18-20,32H,2-17,26-27H2,1H3,(H,35,38)(H,36,39)(H,37,40)(H4,28,29,33)(H4,30,31,34). The number of alkyl carbamates (subject to hydrolysis) is 2. The van der Waals surface area contributed by atoms with Gasteiger partial charge in [-0.1, -0.05) is 0 Å². The zero-order valence-electron chi connectivity index (χ0n) is 26.2. The van der Waals surface area contributed by atoms with Crippen molar-refractivity contribution in [2.45, 2.75) is 50.8 Å². The first-order valence-corrected chi connectivity index (χ1v) is 14.7. The van der Waals surface area contributed by atoms with Crippen molar-refractivity contribution in [2.75, 3.05) is 79.2 Å². The first-order chi connectivity index (χ1) is 21.5. The smallest absolute Gasteiger partial charge is 0.408 e. The minimum absolute atomic E-state index is 0.0104. The Morgan fingerprint density at radius 3 is 1.91 bits per heavy atom.